The van der Waals surface area contributed by atoms with Gasteiger partial charge in [0.1, 0.15) is 0 Å². The van der Waals surface area contributed by atoms with E-state index in [1.807, 2.05) is 35.2 Å². The molecule has 0 saturated carbocycles. The van der Waals surface area contributed by atoms with Gasteiger partial charge in [-0.05, 0) is 46.4 Å². The molecule has 0 N–H and O–H groups in total. The lowest BCUT2D eigenvalue weighted by Crippen LogP contribution is -2.39. The van der Waals surface area contributed by atoms with E-state index in [2.05, 4.69) is 22.6 Å². The van der Waals surface area contributed by atoms with Gasteiger partial charge in [0.25, 0.3) is 0 Å². The van der Waals surface area contributed by atoms with Crippen molar-refractivity contribution >= 4 is 34.6 Å². The summed E-state index contributed by atoms with van der Waals surface area (Å²) in [5.74, 6) is 0.0622. The quantitative estimate of drug-likeness (QED) is 0.609. The van der Waals surface area contributed by atoms with Crippen LogP contribution < -0.4 is 0 Å². The Labute approximate surface area is 115 Å². The van der Waals surface area contributed by atoms with Crippen LogP contribution in [-0.2, 0) is 9.53 Å². The smallest absolute Gasteiger partial charge is 0.246 e. The molecule has 0 unspecified atom stereocenters. The average molecular weight is 343 g/mol. The van der Waals surface area contributed by atoms with Crippen molar-refractivity contribution in [2.45, 2.75) is 0 Å². The summed E-state index contributed by atoms with van der Waals surface area (Å²) in [6.45, 7) is 2.66. The van der Waals surface area contributed by atoms with Crippen molar-refractivity contribution in [2.75, 3.05) is 26.3 Å². The fourth-order valence-electron chi connectivity index (χ4n) is 1.67. The Bertz CT molecular complexity index is 425. The highest BCUT2D eigenvalue weighted by atomic mass is 127. The van der Waals surface area contributed by atoms with E-state index in [9.17, 15) is 4.79 Å². The maximum absolute atomic E-state index is 11.8. The normalized spacial score (nSPS) is 16.4. The topological polar surface area (TPSA) is 29.5 Å². The van der Waals surface area contributed by atoms with Crippen molar-refractivity contribution in [3.8, 4) is 0 Å². The predicted molar refractivity (Wildman–Crippen MR) is 75.6 cm³/mol. The highest BCUT2D eigenvalue weighted by molar-refractivity contribution is 14.1. The van der Waals surface area contributed by atoms with Crippen LogP contribution in [0.2, 0.25) is 0 Å². The second-order valence-electron chi connectivity index (χ2n) is 3.83. The molecule has 0 atom stereocenters. The third-order valence-electron chi connectivity index (χ3n) is 2.59. The third-order valence-corrected chi connectivity index (χ3v) is 3.26. The van der Waals surface area contributed by atoms with Crippen LogP contribution in [-0.4, -0.2) is 37.1 Å². The first-order valence-corrected chi connectivity index (χ1v) is 6.64. The van der Waals surface area contributed by atoms with Gasteiger partial charge in [-0.15, -0.1) is 0 Å². The lowest BCUT2D eigenvalue weighted by molar-refractivity contribution is -0.129. The Kier molecular flexibility index (Phi) is 4.56. The number of benzene rings is 1. The summed E-state index contributed by atoms with van der Waals surface area (Å²) in [5.41, 5.74) is 1.05. The Morgan fingerprint density at radius 3 is 2.82 bits per heavy atom. The van der Waals surface area contributed by atoms with Crippen LogP contribution in [0, 0.1) is 3.57 Å². The van der Waals surface area contributed by atoms with Crippen molar-refractivity contribution in [3.05, 3.63) is 39.5 Å². The number of morpholine rings is 1. The molecule has 0 radical (unpaired) electrons. The minimum atomic E-state index is 0.0622. The maximum Gasteiger partial charge on any atom is 0.246 e. The Hall–Kier alpha value is -0.880. The molecule has 0 aromatic heterocycles. The SMILES string of the molecule is O=C(C=Cc1cccc(I)c1)N1CCOCC1. The zero-order valence-electron chi connectivity index (χ0n) is 9.43. The van der Waals surface area contributed by atoms with E-state index in [0.717, 1.165) is 5.56 Å². The standard InChI is InChI=1S/C13H14INO2/c14-12-3-1-2-11(10-12)4-5-13(16)15-6-8-17-9-7-15/h1-5,10H,6-9H2. The van der Waals surface area contributed by atoms with Crippen molar-refractivity contribution in [1.82, 2.24) is 4.90 Å². The molecular formula is C13H14INO2. The molecule has 3 nitrogen and oxygen atoms in total. The molecule has 1 saturated heterocycles. The van der Waals surface area contributed by atoms with E-state index >= 15 is 0 Å². The molecule has 1 amide bonds. The van der Waals surface area contributed by atoms with Gasteiger partial charge in [0.05, 0.1) is 13.2 Å². The van der Waals surface area contributed by atoms with Crippen molar-refractivity contribution in [2.24, 2.45) is 0 Å². The number of halogens is 1. The van der Waals surface area contributed by atoms with Gasteiger partial charge in [0, 0.05) is 22.7 Å². The molecule has 4 heteroatoms. The molecule has 0 spiro atoms. The van der Waals surface area contributed by atoms with Crippen LogP contribution in [0.5, 0.6) is 0 Å². The number of rotatable bonds is 2. The number of nitrogens with zero attached hydrogens (tertiary/aromatic N) is 1. The fraction of sp³-hybridized carbons (Fsp3) is 0.308. The first-order chi connectivity index (χ1) is 8.25. The van der Waals surface area contributed by atoms with Crippen molar-refractivity contribution < 1.29 is 9.53 Å². The monoisotopic (exact) mass is 343 g/mol. The molecule has 1 aromatic rings. The highest BCUT2D eigenvalue weighted by Gasteiger charge is 2.13. The van der Waals surface area contributed by atoms with E-state index in [1.165, 1.54) is 3.57 Å². The second kappa shape index (κ2) is 6.16. The Morgan fingerprint density at radius 2 is 2.12 bits per heavy atom. The number of hydrogen-bond acceptors (Lipinski definition) is 2. The molecule has 1 heterocycles. The summed E-state index contributed by atoms with van der Waals surface area (Å²) in [5, 5.41) is 0. The Balaban J connectivity index is 1.97. The third kappa shape index (κ3) is 3.81. The largest absolute Gasteiger partial charge is 0.378 e. The highest BCUT2D eigenvalue weighted by Crippen LogP contribution is 2.09. The second-order valence-corrected chi connectivity index (χ2v) is 5.07. The van der Waals surface area contributed by atoms with Crippen LogP contribution in [0.25, 0.3) is 6.08 Å². The van der Waals surface area contributed by atoms with Gasteiger partial charge in [-0.2, -0.15) is 0 Å². The van der Waals surface area contributed by atoms with Crippen LogP contribution in [0.15, 0.2) is 30.3 Å². The summed E-state index contributed by atoms with van der Waals surface area (Å²) in [6, 6.07) is 8.05. The van der Waals surface area contributed by atoms with Gasteiger partial charge in [-0.25, -0.2) is 0 Å². The molecule has 1 aliphatic rings. The molecule has 0 bridgehead atoms. The van der Waals surface area contributed by atoms with E-state index in [1.54, 1.807) is 6.08 Å². The zero-order chi connectivity index (χ0) is 12.1. The molecule has 17 heavy (non-hydrogen) atoms. The number of ether oxygens (including phenoxy) is 1. The zero-order valence-corrected chi connectivity index (χ0v) is 11.6. The van der Waals surface area contributed by atoms with Crippen molar-refractivity contribution in [1.29, 1.82) is 0 Å². The minimum absolute atomic E-state index is 0.0622. The predicted octanol–water partition coefficient (Wildman–Crippen LogP) is 2.16. The van der Waals surface area contributed by atoms with Crippen LogP contribution in [0.1, 0.15) is 5.56 Å². The van der Waals surface area contributed by atoms with Gasteiger partial charge in [0.2, 0.25) is 5.91 Å². The minimum Gasteiger partial charge on any atom is -0.378 e. The van der Waals surface area contributed by atoms with Gasteiger partial charge in [0.15, 0.2) is 0 Å². The van der Waals surface area contributed by atoms with Crippen molar-refractivity contribution in [3.63, 3.8) is 0 Å². The van der Waals surface area contributed by atoms with Gasteiger partial charge in [-0.1, -0.05) is 12.1 Å². The van der Waals surface area contributed by atoms with E-state index in [0.29, 0.717) is 26.3 Å². The van der Waals surface area contributed by atoms with Gasteiger partial charge >= 0.3 is 0 Å². The lowest BCUT2D eigenvalue weighted by Gasteiger charge is -2.25. The molecule has 2 rings (SSSR count). The summed E-state index contributed by atoms with van der Waals surface area (Å²) >= 11 is 2.26. The summed E-state index contributed by atoms with van der Waals surface area (Å²) < 4.78 is 6.38. The summed E-state index contributed by atoms with van der Waals surface area (Å²) in [6.07, 6.45) is 3.50. The molecule has 1 aromatic carbocycles. The number of hydrogen-bond donors (Lipinski definition) is 0. The Morgan fingerprint density at radius 1 is 1.35 bits per heavy atom. The first kappa shape index (κ1) is 12.6. The number of amides is 1. The molecule has 1 fully saturated rings. The van der Waals surface area contributed by atoms with Crippen LogP contribution >= 0.6 is 22.6 Å². The van der Waals surface area contributed by atoms with E-state index in [-0.39, 0.29) is 5.91 Å². The summed E-state index contributed by atoms with van der Waals surface area (Å²) in [4.78, 5) is 13.7. The molecule has 90 valence electrons. The number of carbonyl (C=O) groups is 1. The van der Waals surface area contributed by atoms with E-state index < -0.39 is 0 Å². The summed E-state index contributed by atoms with van der Waals surface area (Å²) in [7, 11) is 0. The fourth-order valence-corrected chi connectivity index (χ4v) is 2.23. The maximum atomic E-state index is 11.8. The molecular weight excluding hydrogens is 329 g/mol. The van der Waals surface area contributed by atoms with Crippen LogP contribution in [0.4, 0.5) is 0 Å². The average Bonchev–Trinajstić information content (AvgIpc) is 2.37. The van der Waals surface area contributed by atoms with Crippen LogP contribution in [0.3, 0.4) is 0 Å². The molecule has 1 aliphatic heterocycles. The molecule has 0 aliphatic carbocycles. The van der Waals surface area contributed by atoms with Gasteiger partial charge in [-0.3, -0.25) is 4.79 Å². The van der Waals surface area contributed by atoms with Gasteiger partial charge < -0.3 is 9.64 Å². The van der Waals surface area contributed by atoms with E-state index in [4.69, 9.17) is 4.74 Å². The first-order valence-electron chi connectivity index (χ1n) is 5.56. The number of carbonyl (C=O) groups excluding carboxylic acids is 1. The lowest BCUT2D eigenvalue weighted by atomic mass is 10.2.